The summed E-state index contributed by atoms with van der Waals surface area (Å²) >= 11 is 3.30. The average molecular weight is 389 g/mol. The Bertz CT molecular complexity index is 627. The monoisotopic (exact) mass is 388 g/mol. The molecule has 0 N–H and O–H groups in total. The smallest absolute Gasteiger partial charge is 0.243 e. The van der Waals surface area contributed by atoms with E-state index in [1.165, 1.54) is 4.31 Å². The van der Waals surface area contributed by atoms with E-state index in [1.807, 2.05) is 13.8 Å². The van der Waals surface area contributed by atoms with Crippen molar-refractivity contribution in [3.05, 3.63) is 28.7 Å². The number of benzene rings is 1. The molecule has 1 unspecified atom stereocenters. The highest BCUT2D eigenvalue weighted by Crippen LogP contribution is 2.28. The molecule has 0 bridgehead atoms. The van der Waals surface area contributed by atoms with Gasteiger partial charge in [0.25, 0.3) is 0 Å². The van der Waals surface area contributed by atoms with Crippen molar-refractivity contribution < 1.29 is 13.2 Å². The van der Waals surface area contributed by atoms with Gasteiger partial charge in [0.05, 0.1) is 4.90 Å². The number of rotatable bonds is 5. The van der Waals surface area contributed by atoms with E-state index < -0.39 is 16.1 Å². The zero-order valence-corrected chi connectivity index (χ0v) is 15.2. The molecule has 122 valence electrons. The van der Waals surface area contributed by atoms with Gasteiger partial charge in [-0.25, -0.2) is 8.42 Å². The molecule has 2 rings (SSSR count). The number of hydrogen-bond acceptors (Lipinski definition) is 3. The van der Waals surface area contributed by atoms with Crippen molar-refractivity contribution >= 4 is 31.9 Å². The normalized spacial score (nSPS) is 19.3. The first-order chi connectivity index (χ1) is 10.4. The molecule has 7 heteroatoms. The molecule has 22 heavy (non-hydrogen) atoms. The molecule has 1 atom stereocenters. The lowest BCUT2D eigenvalue weighted by atomic mass is 10.2. The van der Waals surface area contributed by atoms with Crippen LogP contribution in [0.3, 0.4) is 0 Å². The van der Waals surface area contributed by atoms with Crippen molar-refractivity contribution in [2.45, 2.75) is 37.6 Å². The lowest BCUT2D eigenvalue weighted by Gasteiger charge is -2.28. The number of sulfonamides is 1. The first-order valence-corrected chi connectivity index (χ1v) is 9.71. The van der Waals surface area contributed by atoms with E-state index in [0.717, 1.165) is 4.47 Å². The fraction of sp³-hybridized carbons (Fsp3) is 0.533. The number of hydrogen-bond donors (Lipinski definition) is 0. The zero-order valence-electron chi connectivity index (χ0n) is 12.8. The van der Waals surface area contributed by atoms with Crippen molar-refractivity contribution in [1.82, 2.24) is 9.21 Å². The summed E-state index contributed by atoms with van der Waals surface area (Å²) in [5, 5.41) is 0. The Balaban J connectivity index is 2.29. The van der Waals surface area contributed by atoms with Crippen LogP contribution in [0.25, 0.3) is 0 Å². The molecule has 1 aliphatic rings. The van der Waals surface area contributed by atoms with Gasteiger partial charge in [-0.3, -0.25) is 4.79 Å². The molecule has 1 aromatic carbocycles. The van der Waals surface area contributed by atoms with Crippen LogP contribution in [0.2, 0.25) is 0 Å². The molecule has 1 saturated heterocycles. The number of nitrogens with zero attached hydrogens (tertiary/aromatic N) is 2. The zero-order chi connectivity index (χ0) is 16.3. The predicted molar refractivity (Wildman–Crippen MR) is 89.0 cm³/mol. The molecule has 5 nitrogen and oxygen atoms in total. The summed E-state index contributed by atoms with van der Waals surface area (Å²) in [4.78, 5) is 14.5. The summed E-state index contributed by atoms with van der Waals surface area (Å²) in [5.41, 5.74) is 0. The summed E-state index contributed by atoms with van der Waals surface area (Å²) in [6.45, 7) is 5.40. The van der Waals surface area contributed by atoms with Crippen LogP contribution in [-0.2, 0) is 14.8 Å². The van der Waals surface area contributed by atoms with E-state index >= 15 is 0 Å². The van der Waals surface area contributed by atoms with E-state index in [-0.39, 0.29) is 10.8 Å². The van der Waals surface area contributed by atoms with Gasteiger partial charge in [-0.05, 0) is 51.0 Å². The number of halogens is 1. The van der Waals surface area contributed by atoms with Gasteiger partial charge in [-0.1, -0.05) is 15.9 Å². The minimum Gasteiger partial charge on any atom is -0.342 e. The van der Waals surface area contributed by atoms with Crippen LogP contribution in [0.1, 0.15) is 26.7 Å². The van der Waals surface area contributed by atoms with E-state index in [4.69, 9.17) is 0 Å². The standard InChI is InChI=1S/C15H21BrN2O3S/c1-3-17(4-2)15(19)14-6-5-11-18(14)22(20,21)13-9-7-12(16)8-10-13/h7-10,14H,3-6,11H2,1-2H3. The van der Waals surface area contributed by atoms with Gasteiger partial charge in [-0.15, -0.1) is 0 Å². The van der Waals surface area contributed by atoms with Gasteiger partial charge in [-0.2, -0.15) is 4.31 Å². The molecule has 1 aromatic rings. The van der Waals surface area contributed by atoms with Gasteiger partial charge in [0.1, 0.15) is 6.04 Å². The summed E-state index contributed by atoms with van der Waals surface area (Å²) in [5.74, 6) is -0.0943. The van der Waals surface area contributed by atoms with Crippen molar-refractivity contribution in [1.29, 1.82) is 0 Å². The largest absolute Gasteiger partial charge is 0.342 e. The van der Waals surface area contributed by atoms with Crippen LogP contribution in [0, 0.1) is 0 Å². The number of carbonyl (C=O) groups excluding carboxylic acids is 1. The van der Waals surface area contributed by atoms with E-state index in [9.17, 15) is 13.2 Å². The summed E-state index contributed by atoms with van der Waals surface area (Å²) in [7, 11) is -3.63. The molecule has 1 fully saturated rings. The molecular weight excluding hydrogens is 368 g/mol. The Morgan fingerprint density at radius 2 is 1.86 bits per heavy atom. The van der Waals surface area contributed by atoms with E-state index in [0.29, 0.717) is 32.5 Å². The second kappa shape index (κ2) is 7.10. The third kappa shape index (κ3) is 3.36. The quantitative estimate of drug-likeness (QED) is 0.778. The first-order valence-electron chi connectivity index (χ1n) is 7.48. The number of amides is 1. The number of likely N-dealkylation sites (N-methyl/N-ethyl adjacent to an activating group) is 1. The summed E-state index contributed by atoms with van der Waals surface area (Å²) in [6, 6.07) is 5.95. The predicted octanol–water partition coefficient (Wildman–Crippen LogP) is 2.47. The third-order valence-electron chi connectivity index (χ3n) is 3.98. The van der Waals surface area contributed by atoms with Gasteiger partial charge >= 0.3 is 0 Å². The van der Waals surface area contributed by atoms with Crippen LogP contribution >= 0.6 is 15.9 Å². The SMILES string of the molecule is CCN(CC)C(=O)C1CCCN1S(=O)(=O)c1ccc(Br)cc1. The topological polar surface area (TPSA) is 57.7 Å². The Hall–Kier alpha value is -0.920. The summed E-state index contributed by atoms with van der Waals surface area (Å²) in [6.07, 6.45) is 1.30. The lowest BCUT2D eigenvalue weighted by molar-refractivity contribution is -0.134. The van der Waals surface area contributed by atoms with Gasteiger partial charge in [0.15, 0.2) is 0 Å². The van der Waals surface area contributed by atoms with Crippen molar-refractivity contribution in [2.75, 3.05) is 19.6 Å². The maximum atomic E-state index is 12.8. The molecule has 0 saturated carbocycles. The van der Waals surface area contributed by atoms with E-state index in [1.54, 1.807) is 29.2 Å². The Kier molecular flexibility index (Phi) is 5.63. The molecule has 1 amide bonds. The van der Waals surface area contributed by atoms with E-state index in [2.05, 4.69) is 15.9 Å². The minimum atomic E-state index is -3.63. The van der Waals surface area contributed by atoms with Gasteiger partial charge < -0.3 is 4.90 Å². The highest BCUT2D eigenvalue weighted by atomic mass is 79.9. The molecule has 1 aliphatic heterocycles. The molecule has 0 aliphatic carbocycles. The van der Waals surface area contributed by atoms with Crippen LogP contribution in [0.15, 0.2) is 33.6 Å². The molecular formula is C15H21BrN2O3S. The highest BCUT2D eigenvalue weighted by Gasteiger charge is 2.40. The van der Waals surface area contributed by atoms with Crippen molar-refractivity contribution in [2.24, 2.45) is 0 Å². The van der Waals surface area contributed by atoms with Crippen LogP contribution in [0.5, 0.6) is 0 Å². The first kappa shape index (κ1) is 17.4. The van der Waals surface area contributed by atoms with Crippen molar-refractivity contribution in [3.8, 4) is 0 Å². The Morgan fingerprint density at radius 3 is 2.41 bits per heavy atom. The number of carbonyl (C=O) groups is 1. The van der Waals surface area contributed by atoms with Crippen LogP contribution in [0.4, 0.5) is 0 Å². The molecule has 1 heterocycles. The maximum absolute atomic E-state index is 12.8. The maximum Gasteiger partial charge on any atom is 0.243 e. The van der Waals surface area contributed by atoms with Crippen molar-refractivity contribution in [3.63, 3.8) is 0 Å². The molecule has 0 spiro atoms. The fourth-order valence-corrected chi connectivity index (χ4v) is 4.68. The lowest BCUT2D eigenvalue weighted by Crippen LogP contribution is -2.47. The third-order valence-corrected chi connectivity index (χ3v) is 6.44. The Morgan fingerprint density at radius 1 is 1.27 bits per heavy atom. The second-order valence-electron chi connectivity index (χ2n) is 5.24. The van der Waals surface area contributed by atoms with Crippen LogP contribution in [-0.4, -0.2) is 49.2 Å². The van der Waals surface area contributed by atoms with Gasteiger partial charge in [0.2, 0.25) is 15.9 Å². The summed E-state index contributed by atoms with van der Waals surface area (Å²) < 4.78 is 27.8. The molecule has 0 aromatic heterocycles. The average Bonchev–Trinajstić information content (AvgIpc) is 2.99. The van der Waals surface area contributed by atoms with Crippen LogP contribution < -0.4 is 0 Å². The highest BCUT2D eigenvalue weighted by molar-refractivity contribution is 9.10. The minimum absolute atomic E-state index is 0.0943. The fourth-order valence-electron chi connectivity index (χ4n) is 2.76. The Labute approximate surface area is 140 Å². The second-order valence-corrected chi connectivity index (χ2v) is 8.04. The van der Waals surface area contributed by atoms with Gasteiger partial charge in [0, 0.05) is 24.1 Å². The molecule has 0 radical (unpaired) electrons.